The predicted molar refractivity (Wildman–Crippen MR) is 100 cm³/mol. The Balaban J connectivity index is 1.41. The van der Waals surface area contributed by atoms with Crippen LogP contribution in [0, 0.1) is 5.92 Å². The van der Waals surface area contributed by atoms with E-state index in [-0.39, 0.29) is 0 Å². The van der Waals surface area contributed by atoms with E-state index in [1.54, 1.807) is 7.11 Å². The number of piperidine rings is 2. The second-order valence-corrected chi connectivity index (χ2v) is 7.60. The van der Waals surface area contributed by atoms with E-state index >= 15 is 0 Å². The predicted octanol–water partition coefficient (Wildman–Crippen LogP) is 4.78. The number of ether oxygens (including phenoxy) is 2. The summed E-state index contributed by atoms with van der Waals surface area (Å²) in [6.45, 7) is 1.72. The molecule has 3 aliphatic rings. The SMILES string of the molecule is COc1ccc(CN2C(COc3ccc(Cl)cc3)CC3CC2C3)cc1. The Labute approximate surface area is 154 Å². The molecule has 2 saturated heterocycles. The molecule has 0 aromatic heterocycles. The average molecular weight is 358 g/mol. The van der Waals surface area contributed by atoms with Crippen molar-refractivity contribution in [3.63, 3.8) is 0 Å². The average Bonchev–Trinajstić information content (AvgIpc) is 2.62. The number of halogens is 1. The molecular formula is C21H24ClNO2. The summed E-state index contributed by atoms with van der Waals surface area (Å²) < 4.78 is 11.3. The minimum absolute atomic E-state index is 0.482. The van der Waals surface area contributed by atoms with Crippen molar-refractivity contribution >= 4 is 11.6 Å². The van der Waals surface area contributed by atoms with Crippen molar-refractivity contribution in [2.45, 2.75) is 37.9 Å². The van der Waals surface area contributed by atoms with Gasteiger partial charge in [0.1, 0.15) is 18.1 Å². The normalized spacial score (nSPS) is 25.3. The molecule has 5 rings (SSSR count). The molecule has 1 unspecified atom stereocenters. The van der Waals surface area contributed by atoms with E-state index in [0.29, 0.717) is 12.1 Å². The monoisotopic (exact) mass is 357 g/mol. The molecule has 2 aromatic carbocycles. The summed E-state index contributed by atoms with van der Waals surface area (Å²) >= 11 is 5.95. The van der Waals surface area contributed by atoms with Crippen LogP contribution in [-0.4, -0.2) is 30.7 Å². The Hall–Kier alpha value is -1.71. The fourth-order valence-electron chi connectivity index (χ4n) is 4.07. The highest BCUT2D eigenvalue weighted by Crippen LogP contribution is 2.43. The number of fused-ring (bicyclic) bond motifs is 2. The Bertz CT molecular complexity index is 695. The first-order chi connectivity index (χ1) is 12.2. The first-order valence-corrected chi connectivity index (χ1v) is 9.36. The summed E-state index contributed by atoms with van der Waals surface area (Å²) in [6.07, 6.45) is 3.92. The van der Waals surface area contributed by atoms with E-state index < -0.39 is 0 Å². The smallest absolute Gasteiger partial charge is 0.119 e. The maximum Gasteiger partial charge on any atom is 0.119 e. The highest BCUT2D eigenvalue weighted by Gasteiger charge is 2.43. The van der Waals surface area contributed by atoms with E-state index in [0.717, 1.165) is 35.6 Å². The van der Waals surface area contributed by atoms with Gasteiger partial charge in [0.05, 0.1) is 7.11 Å². The summed E-state index contributed by atoms with van der Waals surface area (Å²) in [6, 6.07) is 17.3. The lowest BCUT2D eigenvalue weighted by Crippen LogP contribution is -2.57. The Morgan fingerprint density at radius 2 is 1.64 bits per heavy atom. The van der Waals surface area contributed by atoms with Gasteiger partial charge in [-0.05, 0) is 67.1 Å². The van der Waals surface area contributed by atoms with Crippen LogP contribution < -0.4 is 9.47 Å². The highest BCUT2D eigenvalue weighted by atomic mass is 35.5. The molecular weight excluding hydrogens is 334 g/mol. The molecule has 2 heterocycles. The molecule has 2 aliphatic heterocycles. The largest absolute Gasteiger partial charge is 0.497 e. The van der Waals surface area contributed by atoms with Gasteiger partial charge in [0.25, 0.3) is 0 Å². The molecule has 1 aliphatic carbocycles. The van der Waals surface area contributed by atoms with Crippen LogP contribution in [0.1, 0.15) is 24.8 Å². The van der Waals surface area contributed by atoms with E-state index in [2.05, 4.69) is 17.0 Å². The Morgan fingerprint density at radius 3 is 2.32 bits per heavy atom. The topological polar surface area (TPSA) is 21.7 Å². The summed E-state index contributed by atoms with van der Waals surface area (Å²) in [5, 5.41) is 0.743. The quantitative estimate of drug-likeness (QED) is 0.742. The lowest BCUT2D eigenvalue weighted by molar-refractivity contribution is -0.0526. The third kappa shape index (κ3) is 3.78. The van der Waals surface area contributed by atoms with Crippen LogP contribution in [0.5, 0.6) is 11.5 Å². The molecule has 25 heavy (non-hydrogen) atoms. The molecule has 3 nitrogen and oxygen atoms in total. The lowest BCUT2D eigenvalue weighted by Gasteiger charge is -2.53. The van der Waals surface area contributed by atoms with Crippen molar-refractivity contribution in [3.8, 4) is 11.5 Å². The van der Waals surface area contributed by atoms with Crippen molar-refractivity contribution < 1.29 is 9.47 Å². The van der Waals surface area contributed by atoms with Crippen molar-refractivity contribution in [2.75, 3.05) is 13.7 Å². The number of benzene rings is 2. The number of hydrogen-bond acceptors (Lipinski definition) is 3. The van der Waals surface area contributed by atoms with Crippen LogP contribution in [0.3, 0.4) is 0 Å². The zero-order valence-corrected chi connectivity index (χ0v) is 15.3. The molecule has 2 aromatic rings. The van der Waals surface area contributed by atoms with Crippen molar-refractivity contribution in [1.82, 2.24) is 4.90 Å². The second-order valence-electron chi connectivity index (χ2n) is 7.17. The van der Waals surface area contributed by atoms with Gasteiger partial charge in [0, 0.05) is 23.7 Å². The lowest BCUT2D eigenvalue weighted by atomic mass is 9.70. The maximum atomic E-state index is 6.05. The van der Waals surface area contributed by atoms with Crippen LogP contribution in [0.25, 0.3) is 0 Å². The minimum Gasteiger partial charge on any atom is -0.497 e. The molecule has 2 bridgehead atoms. The van der Waals surface area contributed by atoms with Gasteiger partial charge < -0.3 is 9.47 Å². The highest BCUT2D eigenvalue weighted by molar-refractivity contribution is 6.30. The zero-order chi connectivity index (χ0) is 17.2. The summed E-state index contributed by atoms with van der Waals surface area (Å²) in [5.74, 6) is 2.69. The van der Waals surface area contributed by atoms with Gasteiger partial charge in [-0.25, -0.2) is 0 Å². The van der Waals surface area contributed by atoms with Gasteiger partial charge in [0.15, 0.2) is 0 Å². The molecule has 1 saturated carbocycles. The first kappa shape index (κ1) is 16.7. The van der Waals surface area contributed by atoms with Crippen LogP contribution >= 0.6 is 11.6 Å². The van der Waals surface area contributed by atoms with Gasteiger partial charge in [0.2, 0.25) is 0 Å². The fraction of sp³-hybridized carbons (Fsp3) is 0.429. The molecule has 0 radical (unpaired) electrons. The van der Waals surface area contributed by atoms with E-state index in [4.69, 9.17) is 21.1 Å². The summed E-state index contributed by atoms with van der Waals surface area (Å²) in [5.41, 5.74) is 1.34. The van der Waals surface area contributed by atoms with E-state index in [1.807, 2.05) is 36.4 Å². The molecule has 3 fully saturated rings. The van der Waals surface area contributed by atoms with Gasteiger partial charge in [-0.3, -0.25) is 4.90 Å². The standard InChI is InChI=1S/C21H24ClNO2/c1-24-20-6-2-15(3-7-20)13-23-18-10-16(11-18)12-19(23)14-25-21-8-4-17(22)5-9-21/h2-9,16,18-19H,10-14H2,1H3. The van der Waals surface area contributed by atoms with Crippen molar-refractivity contribution in [2.24, 2.45) is 5.92 Å². The van der Waals surface area contributed by atoms with Gasteiger partial charge in [-0.2, -0.15) is 0 Å². The third-order valence-corrected chi connectivity index (χ3v) is 5.79. The summed E-state index contributed by atoms with van der Waals surface area (Å²) in [7, 11) is 1.71. The fourth-order valence-corrected chi connectivity index (χ4v) is 4.20. The number of hydrogen-bond donors (Lipinski definition) is 0. The minimum atomic E-state index is 0.482. The van der Waals surface area contributed by atoms with Crippen molar-refractivity contribution in [3.05, 3.63) is 59.1 Å². The first-order valence-electron chi connectivity index (χ1n) is 8.98. The number of methoxy groups -OCH3 is 1. The maximum absolute atomic E-state index is 6.05. The van der Waals surface area contributed by atoms with E-state index in [9.17, 15) is 0 Å². The molecule has 132 valence electrons. The summed E-state index contributed by atoms with van der Waals surface area (Å²) in [4.78, 5) is 2.64. The third-order valence-electron chi connectivity index (χ3n) is 5.53. The Morgan fingerprint density at radius 1 is 0.960 bits per heavy atom. The van der Waals surface area contributed by atoms with Gasteiger partial charge >= 0.3 is 0 Å². The zero-order valence-electron chi connectivity index (χ0n) is 14.5. The second kappa shape index (κ2) is 7.27. The molecule has 0 N–H and O–H groups in total. The molecule has 0 amide bonds. The van der Waals surface area contributed by atoms with Crippen molar-refractivity contribution in [1.29, 1.82) is 0 Å². The van der Waals surface area contributed by atoms with Crippen LogP contribution in [-0.2, 0) is 6.54 Å². The number of nitrogens with zero attached hydrogens (tertiary/aromatic N) is 1. The van der Waals surface area contributed by atoms with Gasteiger partial charge in [-0.15, -0.1) is 0 Å². The van der Waals surface area contributed by atoms with E-state index in [1.165, 1.54) is 24.8 Å². The van der Waals surface area contributed by atoms with Crippen LogP contribution in [0.2, 0.25) is 5.02 Å². The van der Waals surface area contributed by atoms with Gasteiger partial charge in [-0.1, -0.05) is 23.7 Å². The molecule has 4 heteroatoms. The number of rotatable bonds is 6. The van der Waals surface area contributed by atoms with Crippen LogP contribution in [0.4, 0.5) is 0 Å². The Kier molecular flexibility index (Phi) is 4.87. The van der Waals surface area contributed by atoms with Crippen LogP contribution in [0.15, 0.2) is 48.5 Å². The molecule has 0 spiro atoms. The molecule has 1 atom stereocenters.